The molecular formula is C46H32N2O2. The molecule has 4 nitrogen and oxygen atoms in total. The number of hydrogen-bond donors (Lipinski definition) is 0. The summed E-state index contributed by atoms with van der Waals surface area (Å²) in [6.07, 6.45) is 0. The second kappa shape index (κ2) is 11.6. The van der Waals surface area contributed by atoms with Crippen LogP contribution in [0.2, 0.25) is 0 Å². The first-order chi connectivity index (χ1) is 24.5. The minimum atomic E-state index is -0.335. The van der Waals surface area contributed by atoms with Crippen LogP contribution in [-0.2, 0) is 0 Å². The molecule has 1 aromatic heterocycles. The van der Waals surface area contributed by atoms with E-state index in [1.165, 1.54) is 4.90 Å². The molecule has 9 rings (SSSR count). The van der Waals surface area contributed by atoms with Crippen molar-refractivity contribution in [2.45, 2.75) is 13.8 Å². The zero-order valence-electron chi connectivity index (χ0n) is 27.7. The number of carbonyl (C=O) groups is 2. The lowest BCUT2D eigenvalue weighted by molar-refractivity contribution is 0.0926. The molecule has 0 radical (unpaired) electrons. The molecule has 2 heterocycles. The summed E-state index contributed by atoms with van der Waals surface area (Å²) in [6, 6.07) is 53.0. The summed E-state index contributed by atoms with van der Waals surface area (Å²) >= 11 is 0. The third-order valence-corrected chi connectivity index (χ3v) is 9.82. The Bertz CT molecular complexity index is 2520. The summed E-state index contributed by atoms with van der Waals surface area (Å²) in [5.41, 5.74) is 11.8. The van der Waals surface area contributed by atoms with E-state index in [4.69, 9.17) is 0 Å². The largest absolute Gasteiger partial charge is 0.308 e. The zero-order chi connectivity index (χ0) is 33.9. The standard InChI is InChI=1S/C46H32N2O2/c1-29-21-23-35-36-24-22-30(2)26-42(36)47(41(35)25-29)40-20-12-19-37-43(40)46(50)48(45(37)49)44-38(32-15-8-4-9-16-32)27-34(31-13-6-3-7-14-31)28-39(44)33-17-10-5-11-18-33/h3-28H,1-2H3. The maximum atomic E-state index is 15.1. The molecule has 0 aliphatic carbocycles. The number of fused-ring (bicyclic) bond motifs is 4. The van der Waals surface area contributed by atoms with Crippen LogP contribution in [-0.4, -0.2) is 16.4 Å². The molecule has 1 aliphatic heterocycles. The second-order valence-electron chi connectivity index (χ2n) is 13.0. The molecule has 4 heteroatoms. The zero-order valence-corrected chi connectivity index (χ0v) is 27.7. The van der Waals surface area contributed by atoms with E-state index in [1.54, 1.807) is 6.07 Å². The quantitative estimate of drug-likeness (QED) is 0.175. The van der Waals surface area contributed by atoms with E-state index in [9.17, 15) is 4.79 Å². The highest BCUT2D eigenvalue weighted by Crippen LogP contribution is 2.47. The lowest BCUT2D eigenvalue weighted by atomic mass is 9.90. The summed E-state index contributed by atoms with van der Waals surface area (Å²) < 4.78 is 2.16. The average Bonchev–Trinajstić information content (AvgIpc) is 3.61. The van der Waals surface area contributed by atoms with Crippen LogP contribution in [0, 0.1) is 13.8 Å². The van der Waals surface area contributed by atoms with Gasteiger partial charge < -0.3 is 4.57 Å². The average molecular weight is 645 g/mol. The van der Waals surface area contributed by atoms with Gasteiger partial charge in [-0.2, -0.15) is 0 Å². The van der Waals surface area contributed by atoms with Crippen molar-refractivity contribution in [2.75, 3.05) is 4.90 Å². The Morgan fingerprint density at radius 1 is 0.420 bits per heavy atom. The van der Waals surface area contributed by atoms with E-state index in [1.807, 2.05) is 91.0 Å². The van der Waals surface area contributed by atoms with E-state index in [0.717, 1.165) is 66.3 Å². The Labute approximate surface area is 290 Å². The molecule has 1 aliphatic rings. The monoisotopic (exact) mass is 644 g/mol. The SMILES string of the molecule is Cc1ccc2c3ccc(C)cc3n(-c3cccc4c3C(=O)N(c3c(-c5ccccc5)cc(-c5ccccc5)cc3-c3ccccc3)C4=O)c2c1. The molecule has 0 bridgehead atoms. The van der Waals surface area contributed by atoms with Gasteiger partial charge in [-0.3, -0.25) is 9.59 Å². The second-order valence-corrected chi connectivity index (χ2v) is 13.0. The lowest BCUT2D eigenvalue weighted by Crippen LogP contribution is -2.30. The van der Waals surface area contributed by atoms with Gasteiger partial charge in [0.05, 0.1) is 33.5 Å². The number of carbonyl (C=O) groups excluding carboxylic acids is 2. The van der Waals surface area contributed by atoms with E-state index in [2.05, 4.69) is 79.1 Å². The Morgan fingerprint density at radius 3 is 1.44 bits per heavy atom. The highest BCUT2D eigenvalue weighted by Gasteiger charge is 2.41. The first kappa shape index (κ1) is 29.6. The molecule has 238 valence electrons. The minimum Gasteiger partial charge on any atom is -0.308 e. The number of aryl methyl sites for hydroxylation is 2. The van der Waals surface area contributed by atoms with Gasteiger partial charge in [-0.25, -0.2) is 4.90 Å². The van der Waals surface area contributed by atoms with E-state index in [0.29, 0.717) is 22.5 Å². The van der Waals surface area contributed by atoms with E-state index < -0.39 is 0 Å². The first-order valence-corrected chi connectivity index (χ1v) is 16.9. The molecule has 0 saturated heterocycles. The fourth-order valence-corrected chi connectivity index (χ4v) is 7.50. The Balaban J connectivity index is 1.33. The fourth-order valence-electron chi connectivity index (χ4n) is 7.50. The molecule has 8 aromatic rings. The topological polar surface area (TPSA) is 42.3 Å². The number of hydrogen-bond acceptors (Lipinski definition) is 2. The van der Waals surface area contributed by atoms with Gasteiger partial charge in [0.15, 0.2) is 0 Å². The van der Waals surface area contributed by atoms with E-state index in [-0.39, 0.29) is 11.8 Å². The van der Waals surface area contributed by atoms with Crippen LogP contribution >= 0.6 is 0 Å². The summed E-state index contributed by atoms with van der Waals surface area (Å²) in [6.45, 7) is 4.15. The van der Waals surface area contributed by atoms with Crippen LogP contribution in [0.4, 0.5) is 5.69 Å². The third-order valence-electron chi connectivity index (χ3n) is 9.82. The normalized spacial score (nSPS) is 12.6. The van der Waals surface area contributed by atoms with Crippen molar-refractivity contribution in [2.24, 2.45) is 0 Å². The summed E-state index contributed by atoms with van der Waals surface area (Å²) in [7, 11) is 0. The smallest absolute Gasteiger partial charge is 0.268 e. The molecule has 0 saturated carbocycles. The fraction of sp³-hybridized carbons (Fsp3) is 0.0435. The number of benzene rings is 7. The molecule has 50 heavy (non-hydrogen) atoms. The number of anilines is 1. The maximum Gasteiger partial charge on any atom is 0.268 e. The van der Waals surface area contributed by atoms with Gasteiger partial charge in [-0.05, 0) is 83.6 Å². The van der Waals surface area contributed by atoms with Crippen molar-refractivity contribution in [1.29, 1.82) is 0 Å². The summed E-state index contributed by atoms with van der Waals surface area (Å²) in [4.78, 5) is 31.3. The van der Waals surface area contributed by atoms with Crippen molar-refractivity contribution in [3.8, 4) is 39.1 Å². The van der Waals surface area contributed by atoms with Crippen LogP contribution in [0.15, 0.2) is 158 Å². The molecule has 0 atom stereocenters. The predicted molar refractivity (Wildman–Crippen MR) is 204 cm³/mol. The van der Waals surface area contributed by atoms with Gasteiger partial charge in [0.1, 0.15) is 0 Å². The maximum absolute atomic E-state index is 15.1. The van der Waals surface area contributed by atoms with Gasteiger partial charge in [-0.15, -0.1) is 0 Å². The van der Waals surface area contributed by atoms with Gasteiger partial charge in [0.25, 0.3) is 11.8 Å². The molecule has 0 fully saturated rings. The van der Waals surface area contributed by atoms with Crippen molar-refractivity contribution >= 4 is 39.3 Å². The molecule has 7 aromatic carbocycles. The number of rotatable bonds is 5. The first-order valence-electron chi connectivity index (χ1n) is 16.9. The lowest BCUT2D eigenvalue weighted by Gasteiger charge is -2.24. The van der Waals surface area contributed by atoms with Crippen molar-refractivity contribution < 1.29 is 9.59 Å². The number of imide groups is 1. The van der Waals surface area contributed by atoms with Gasteiger partial charge in [-0.1, -0.05) is 121 Å². The van der Waals surface area contributed by atoms with E-state index >= 15 is 4.79 Å². The summed E-state index contributed by atoms with van der Waals surface area (Å²) in [5.74, 6) is -0.667. The number of nitrogens with zero attached hydrogens (tertiary/aromatic N) is 2. The predicted octanol–water partition coefficient (Wildman–Crippen LogP) is 11.2. The molecule has 0 spiro atoms. The van der Waals surface area contributed by atoms with Crippen LogP contribution in [0.3, 0.4) is 0 Å². The minimum absolute atomic E-state index is 0.332. The van der Waals surface area contributed by atoms with Gasteiger partial charge in [0, 0.05) is 21.9 Å². The van der Waals surface area contributed by atoms with Crippen LogP contribution in [0.25, 0.3) is 60.9 Å². The Hall–Kier alpha value is -6.52. The Kier molecular flexibility index (Phi) is 6.85. The Morgan fingerprint density at radius 2 is 0.920 bits per heavy atom. The van der Waals surface area contributed by atoms with Crippen LogP contribution < -0.4 is 4.90 Å². The highest BCUT2D eigenvalue weighted by molar-refractivity contribution is 6.37. The van der Waals surface area contributed by atoms with Crippen LogP contribution in [0.1, 0.15) is 31.8 Å². The van der Waals surface area contributed by atoms with Crippen LogP contribution in [0.5, 0.6) is 0 Å². The van der Waals surface area contributed by atoms with Crippen molar-refractivity contribution in [3.63, 3.8) is 0 Å². The molecule has 2 amide bonds. The van der Waals surface area contributed by atoms with Crippen molar-refractivity contribution in [1.82, 2.24) is 4.57 Å². The number of aromatic nitrogens is 1. The molecular weight excluding hydrogens is 613 g/mol. The summed E-state index contributed by atoms with van der Waals surface area (Å²) in [5, 5.41) is 2.21. The number of amides is 2. The highest BCUT2D eigenvalue weighted by atomic mass is 16.2. The van der Waals surface area contributed by atoms with Gasteiger partial charge >= 0.3 is 0 Å². The van der Waals surface area contributed by atoms with Gasteiger partial charge in [0.2, 0.25) is 0 Å². The molecule has 0 unspecified atom stereocenters. The van der Waals surface area contributed by atoms with Crippen molar-refractivity contribution in [3.05, 3.63) is 180 Å². The molecule has 0 N–H and O–H groups in total. The third kappa shape index (κ3) is 4.61.